The quantitative estimate of drug-likeness (QED) is 0.628. The third-order valence-corrected chi connectivity index (χ3v) is 3.41. The number of hydrogen-bond acceptors (Lipinski definition) is 2. The predicted octanol–water partition coefficient (Wildman–Crippen LogP) is 4.31. The van der Waals surface area contributed by atoms with Crippen LogP contribution in [-0.2, 0) is 4.79 Å². The van der Waals surface area contributed by atoms with Gasteiger partial charge < -0.3 is 5.32 Å². The Labute approximate surface area is 132 Å². The molecule has 0 fully saturated rings. The van der Waals surface area contributed by atoms with Crippen LogP contribution in [0, 0.1) is 10.5 Å². The zero-order chi connectivity index (χ0) is 14.5. The molecule has 2 aromatic carbocycles. The Morgan fingerprint density at radius 2 is 1.90 bits per heavy atom. The number of aryl methyl sites for hydroxylation is 1. The van der Waals surface area contributed by atoms with Gasteiger partial charge in [-0.05, 0) is 71.0 Å². The van der Waals surface area contributed by atoms with Gasteiger partial charge in [-0.3, -0.25) is 9.79 Å². The van der Waals surface area contributed by atoms with Crippen molar-refractivity contribution in [1.82, 2.24) is 0 Å². The molecule has 2 aromatic rings. The molecule has 1 N–H and O–H groups in total. The fraction of sp³-hybridized carbons (Fsp3) is 0.125. The number of benzene rings is 2. The largest absolute Gasteiger partial charge is 0.326 e. The van der Waals surface area contributed by atoms with Crippen LogP contribution in [0.1, 0.15) is 18.1 Å². The van der Waals surface area contributed by atoms with Crippen molar-refractivity contribution < 1.29 is 4.79 Å². The lowest BCUT2D eigenvalue weighted by molar-refractivity contribution is -0.114. The molecule has 1 amide bonds. The summed E-state index contributed by atoms with van der Waals surface area (Å²) in [6.45, 7) is 3.55. The number of aliphatic imine (C=N–C) groups is 1. The van der Waals surface area contributed by atoms with E-state index in [4.69, 9.17) is 0 Å². The van der Waals surface area contributed by atoms with Crippen LogP contribution >= 0.6 is 22.6 Å². The molecule has 2 rings (SSSR count). The Bertz CT molecular complexity index is 648. The predicted molar refractivity (Wildman–Crippen MR) is 91.9 cm³/mol. The van der Waals surface area contributed by atoms with Gasteiger partial charge in [-0.15, -0.1) is 0 Å². The highest BCUT2D eigenvalue weighted by Gasteiger charge is 1.97. The lowest BCUT2D eigenvalue weighted by atomic mass is 10.2. The van der Waals surface area contributed by atoms with Gasteiger partial charge in [-0.25, -0.2) is 0 Å². The molecule has 0 saturated carbocycles. The molecule has 0 radical (unpaired) electrons. The molecule has 0 atom stereocenters. The Balaban J connectivity index is 2.13. The number of carbonyl (C=O) groups excluding carboxylic acids is 1. The third kappa shape index (κ3) is 4.16. The van der Waals surface area contributed by atoms with E-state index in [2.05, 4.69) is 45.9 Å². The van der Waals surface area contributed by atoms with E-state index < -0.39 is 0 Å². The van der Waals surface area contributed by atoms with Crippen LogP contribution in [-0.4, -0.2) is 12.1 Å². The van der Waals surface area contributed by atoms with Gasteiger partial charge in [0.25, 0.3) is 0 Å². The molecular weight excluding hydrogens is 363 g/mol. The molecule has 0 heterocycles. The van der Waals surface area contributed by atoms with E-state index in [-0.39, 0.29) is 5.91 Å². The van der Waals surface area contributed by atoms with Crippen LogP contribution in [0.2, 0.25) is 0 Å². The first-order chi connectivity index (χ1) is 9.54. The number of hydrogen-bond donors (Lipinski definition) is 1. The van der Waals surface area contributed by atoms with Crippen LogP contribution in [0.15, 0.2) is 47.5 Å². The summed E-state index contributed by atoms with van der Waals surface area (Å²) in [6.07, 6.45) is 1.83. The third-order valence-electron chi connectivity index (χ3n) is 2.74. The molecule has 3 nitrogen and oxygen atoms in total. The van der Waals surface area contributed by atoms with Gasteiger partial charge in [0.2, 0.25) is 5.91 Å². The lowest BCUT2D eigenvalue weighted by Gasteiger charge is -2.02. The van der Waals surface area contributed by atoms with Crippen molar-refractivity contribution in [1.29, 1.82) is 0 Å². The number of anilines is 1. The van der Waals surface area contributed by atoms with Crippen molar-refractivity contribution in [2.24, 2.45) is 4.99 Å². The van der Waals surface area contributed by atoms with Gasteiger partial charge in [0.15, 0.2) is 0 Å². The van der Waals surface area contributed by atoms with Crippen molar-refractivity contribution in [3.8, 4) is 0 Å². The number of carbonyl (C=O) groups is 1. The van der Waals surface area contributed by atoms with Crippen molar-refractivity contribution in [2.45, 2.75) is 13.8 Å². The van der Waals surface area contributed by atoms with Gasteiger partial charge in [0.05, 0.1) is 5.69 Å². The van der Waals surface area contributed by atoms with Crippen molar-refractivity contribution in [2.75, 3.05) is 5.32 Å². The van der Waals surface area contributed by atoms with E-state index in [0.717, 1.165) is 22.5 Å². The highest BCUT2D eigenvalue weighted by Crippen LogP contribution is 2.20. The van der Waals surface area contributed by atoms with Crippen LogP contribution in [0.4, 0.5) is 11.4 Å². The summed E-state index contributed by atoms with van der Waals surface area (Å²) >= 11 is 2.29. The molecule has 4 heteroatoms. The van der Waals surface area contributed by atoms with E-state index in [9.17, 15) is 4.79 Å². The van der Waals surface area contributed by atoms with E-state index in [1.165, 1.54) is 10.5 Å². The molecule has 0 aromatic heterocycles. The second kappa shape index (κ2) is 6.65. The second-order valence-corrected chi connectivity index (χ2v) is 5.74. The van der Waals surface area contributed by atoms with Crippen molar-refractivity contribution >= 4 is 46.1 Å². The fourth-order valence-corrected chi connectivity index (χ4v) is 2.41. The molecule has 0 aliphatic carbocycles. The van der Waals surface area contributed by atoms with Crippen LogP contribution < -0.4 is 5.32 Å². The zero-order valence-corrected chi connectivity index (χ0v) is 13.5. The maximum atomic E-state index is 10.9. The summed E-state index contributed by atoms with van der Waals surface area (Å²) in [5.74, 6) is -0.0686. The Morgan fingerprint density at radius 3 is 2.50 bits per heavy atom. The molecule has 0 aliphatic rings. The summed E-state index contributed by atoms with van der Waals surface area (Å²) in [5, 5.41) is 2.74. The fourth-order valence-electron chi connectivity index (χ4n) is 1.76. The second-order valence-electron chi connectivity index (χ2n) is 4.49. The topological polar surface area (TPSA) is 41.5 Å². The smallest absolute Gasteiger partial charge is 0.221 e. The molecule has 0 spiro atoms. The summed E-state index contributed by atoms with van der Waals surface area (Å²) in [6, 6.07) is 13.7. The normalized spacial score (nSPS) is 10.8. The summed E-state index contributed by atoms with van der Waals surface area (Å²) < 4.78 is 1.21. The van der Waals surface area contributed by atoms with Gasteiger partial charge in [0.1, 0.15) is 0 Å². The van der Waals surface area contributed by atoms with E-state index in [1.807, 2.05) is 42.6 Å². The van der Waals surface area contributed by atoms with Crippen LogP contribution in [0.5, 0.6) is 0 Å². The number of nitrogens with one attached hydrogen (secondary N) is 1. The first kappa shape index (κ1) is 14.7. The molecule has 0 saturated heterocycles. The number of halogens is 1. The van der Waals surface area contributed by atoms with E-state index >= 15 is 0 Å². The molecule has 0 aliphatic heterocycles. The molecule has 0 bridgehead atoms. The van der Waals surface area contributed by atoms with Gasteiger partial charge >= 0.3 is 0 Å². The molecular formula is C16H15IN2O. The molecule has 102 valence electrons. The standard InChI is InChI=1S/C16H15IN2O/c1-11-9-14(17)5-8-16(11)18-10-13-3-6-15(7-4-13)19-12(2)20/h3-10H,1-2H3,(H,19,20). The van der Waals surface area contributed by atoms with E-state index in [0.29, 0.717) is 0 Å². The summed E-state index contributed by atoms with van der Waals surface area (Å²) in [4.78, 5) is 15.4. The summed E-state index contributed by atoms with van der Waals surface area (Å²) in [7, 11) is 0. The van der Waals surface area contributed by atoms with Gasteiger partial charge in [-0.2, -0.15) is 0 Å². The minimum Gasteiger partial charge on any atom is -0.326 e. The summed E-state index contributed by atoms with van der Waals surface area (Å²) in [5.41, 5.74) is 3.91. The minimum atomic E-state index is -0.0686. The maximum Gasteiger partial charge on any atom is 0.221 e. The van der Waals surface area contributed by atoms with Gasteiger partial charge in [-0.1, -0.05) is 12.1 Å². The Morgan fingerprint density at radius 1 is 1.20 bits per heavy atom. The monoisotopic (exact) mass is 378 g/mol. The number of amides is 1. The first-order valence-corrected chi connectivity index (χ1v) is 7.30. The SMILES string of the molecule is CC(=O)Nc1ccc(C=Nc2ccc(I)cc2C)cc1. The molecule has 20 heavy (non-hydrogen) atoms. The van der Waals surface area contributed by atoms with Gasteiger partial charge in [0, 0.05) is 22.4 Å². The maximum absolute atomic E-state index is 10.9. The van der Waals surface area contributed by atoms with E-state index in [1.54, 1.807) is 0 Å². The lowest BCUT2D eigenvalue weighted by Crippen LogP contribution is -2.05. The minimum absolute atomic E-state index is 0.0686. The average molecular weight is 378 g/mol. The van der Waals surface area contributed by atoms with Crippen LogP contribution in [0.3, 0.4) is 0 Å². The number of rotatable bonds is 3. The zero-order valence-electron chi connectivity index (χ0n) is 11.4. The Kier molecular flexibility index (Phi) is 4.89. The highest BCUT2D eigenvalue weighted by molar-refractivity contribution is 14.1. The first-order valence-electron chi connectivity index (χ1n) is 6.22. The van der Waals surface area contributed by atoms with Crippen molar-refractivity contribution in [3.63, 3.8) is 0 Å². The molecule has 0 unspecified atom stereocenters. The van der Waals surface area contributed by atoms with Crippen LogP contribution in [0.25, 0.3) is 0 Å². The number of nitrogens with zero attached hydrogens (tertiary/aromatic N) is 1. The van der Waals surface area contributed by atoms with Crippen molar-refractivity contribution in [3.05, 3.63) is 57.2 Å². The average Bonchev–Trinajstić information content (AvgIpc) is 2.39. The highest BCUT2D eigenvalue weighted by atomic mass is 127. The Hall–Kier alpha value is -1.69.